The number of ether oxygens (including phenoxy) is 3. The Hall–Kier alpha value is -2.74. The van der Waals surface area contributed by atoms with E-state index in [2.05, 4.69) is 21.2 Å². The van der Waals surface area contributed by atoms with Crippen molar-refractivity contribution in [3.8, 4) is 11.5 Å². The normalized spacial score (nSPS) is 12.0. The lowest BCUT2D eigenvalue weighted by atomic mass is 10.0. The second-order valence-electron chi connectivity index (χ2n) is 7.63. The molecule has 0 aromatic heterocycles. The molecule has 0 saturated heterocycles. The molecule has 0 aliphatic carbocycles. The van der Waals surface area contributed by atoms with Crippen molar-refractivity contribution in [1.29, 1.82) is 0 Å². The maximum Gasteiger partial charge on any atom is 0.408 e. The van der Waals surface area contributed by atoms with Crippen LogP contribution in [0.1, 0.15) is 31.9 Å². The van der Waals surface area contributed by atoms with Crippen LogP contribution in [0.2, 0.25) is 0 Å². The van der Waals surface area contributed by atoms with Gasteiger partial charge in [0, 0.05) is 16.5 Å². The van der Waals surface area contributed by atoms with E-state index in [-0.39, 0.29) is 13.0 Å². The minimum Gasteiger partial charge on any atom is -0.496 e. The maximum absolute atomic E-state index is 12.0. The highest BCUT2D eigenvalue weighted by Crippen LogP contribution is 2.24. The van der Waals surface area contributed by atoms with Gasteiger partial charge in [-0.25, -0.2) is 9.59 Å². The molecule has 30 heavy (non-hydrogen) atoms. The van der Waals surface area contributed by atoms with Gasteiger partial charge in [0.05, 0.1) is 7.11 Å². The van der Waals surface area contributed by atoms with E-state index in [1.807, 2.05) is 30.3 Å². The molecule has 2 aromatic carbocycles. The molecule has 0 aliphatic rings. The fourth-order valence-electron chi connectivity index (χ4n) is 2.65. The van der Waals surface area contributed by atoms with Crippen LogP contribution in [0.15, 0.2) is 46.9 Å². The van der Waals surface area contributed by atoms with E-state index in [0.717, 1.165) is 10.0 Å². The minimum atomic E-state index is -1.15. The summed E-state index contributed by atoms with van der Waals surface area (Å²) in [5.41, 5.74) is 0.762. The smallest absolute Gasteiger partial charge is 0.408 e. The van der Waals surface area contributed by atoms with Gasteiger partial charge in [-0.2, -0.15) is 0 Å². The molecule has 1 unspecified atom stereocenters. The average molecular weight is 480 g/mol. The zero-order valence-corrected chi connectivity index (χ0v) is 19.0. The first-order chi connectivity index (χ1) is 14.1. The molecule has 0 radical (unpaired) electrons. The number of methoxy groups -OCH3 is 1. The molecular weight excluding hydrogens is 454 g/mol. The van der Waals surface area contributed by atoms with E-state index in [9.17, 15) is 14.7 Å². The molecule has 1 amide bonds. The lowest BCUT2D eigenvalue weighted by molar-refractivity contribution is -0.139. The van der Waals surface area contributed by atoms with E-state index in [0.29, 0.717) is 17.1 Å². The third-order valence-corrected chi connectivity index (χ3v) is 4.51. The molecule has 0 bridgehead atoms. The number of rotatable bonds is 8. The number of aliphatic carboxylic acids is 1. The van der Waals surface area contributed by atoms with Crippen LogP contribution in [0.5, 0.6) is 11.5 Å². The predicted octanol–water partition coefficient (Wildman–Crippen LogP) is 4.56. The average Bonchev–Trinajstić information content (AvgIpc) is 2.65. The summed E-state index contributed by atoms with van der Waals surface area (Å²) in [6.45, 7) is 5.38. The number of hydrogen-bond acceptors (Lipinski definition) is 5. The fraction of sp³-hybridized carbons (Fsp3) is 0.364. The lowest BCUT2D eigenvalue weighted by Gasteiger charge is -2.22. The van der Waals surface area contributed by atoms with Gasteiger partial charge in [-0.1, -0.05) is 22.0 Å². The molecule has 0 aliphatic heterocycles. The van der Waals surface area contributed by atoms with Crippen LogP contribution in [-0.2, 0) is 22.6 Å². The number of carboxylic acids is 1. The van der Waals surface area contributed by atoms with Gasteiger partial charge in [-0.05, 0) is 62.7 Å². The molecule has 0 saturated carbocycles. The maximum atomic E-state index is 12.0. The number of amides is 1. The van der Waals surface area contributed by atoms with Crippen LogP contribution < -0.4 is 14.8 Å². The second kappa shape index (κ2) is 10.3. The lowest BCUT2D eigenvalue weighted by Crippen LogP contribution is -2.44. The van der Waals surface area contributed by atoms with Crippen LogP contribution in [-0.4, -0.2) is 35.9 Å². The minimum absolute atomic E-state index is 0.0872. The molecule has 162 valence electrons. The number of benzene rings is 2. The third kappa shape index (κ3) is 7.59. The van der Waals surface area contributed by atoms with Crippen LogP contribution in [0, 0.1) is 0 Å². The summed E-state index contributed by atoms with van der Waals surface area (Å²) in [6, 6.07) is 11.6. The van der Waals surface area contributed by atoms with Gasteiger partial charge in [-0.15, -0.1) is 0 Å². The highest BCUT2D eigenvalue weighted by Gasteiger charge is 2.24. The number of carbonyl (C=O) groups excluding carboxylic acids is 1. The Labute approximate surface area is 184 Å². The van der Waals surface area contributed by atoms with Crippen LogP contribution in [0.4, 0.5) is 4.79 Å². The molecule has 8 heteroatoms. The zero-order valence-electron chi connectivity index (χ0n) is 17.4. The number of nitrogens with one attached hydrogen (secondary N) is 1. The Morgan fingerprint density at radius 2 is 1.80 bits per heavy atom. The van der Waals surface area contributed by atoms with Gasteiger partial charge in [-0.3, -0.25) is 0 Å². The molecule has 2 rings (SSSR count). The summed E-state index contributed by atoms with van der Waals surface area (Å²) in [6.07, 6.45) is -0.689. The van der Waals surface area contributed by atoms with Gasteiger partial charge in [0.2, 0.25) is 0 Å². The Bertz CT molecular complexity index is 876. The first kappa shape index (κ1) is 23.5. The van der Waals surface area contributed by atoms with Gasteiger partial charge >= 0.3 is 12.1 Å². The van der Waals surface area contributed by atoms with Gasteiger partial charge < -0.3 is 24.6 Å². The highest BCUT2D eigenvalue weighted by molar-refractivity contribution is 9.10. The van der Waals surface area contributed by atoms with Crippen molar-refractivity contribution < 1.29 is 28.9 Å². The van der Waals surface area contributed by atoms with Crippen molar-refractivity contribution >= 4 is 28.0 Å². The third-order valence-electron chi connectivity index (χ3n) is 3.98. The van der Waals surface area contributed by atoms with E-state index < -0.39 is 23.7 Å². The van der Waals surface area contributed by atoms with E-state index >= 15 is 0 Å². The van der Waals surface area contributed by atoms with Crippen molar-refractivity contribution in [3.63, 3.8) is 0 Å². The standard InChI is InChI=1S/C22H26BrNO6/c1-22(2,3)30-21(27)24-18(20(25)26)12-14-5-10-19(28-4)15(11-14)13-29-17-8-6-16(23)7-9-17/h5-11,18H,12-13H2,1-4H3,(H,24,27)(H,25,26). The quantitative estimate of drug-likeness (QED) is 0.576. The Morgan fingerprint density at radius 3 is 2.37 bits per heavy atom. The fourth-order valence-corrected chi connectivity index (χ4v) is 2.91. The summed E-state index contributed by atoms with van der Waals surface area (Å²) in [4.78, 5) is 23.6. The Morgan fingerprint density at radius 1 is 1.13 bits per heavy atom. The van der Waals surface area contributed by atoms with Gasteiger partial charge in [0.15, 0.2) is 0 Å². The van der Waals surface area contributed by atoms with Crippen molar-refractivity contribution in [2.45, 2.75) is 45.4 Å². The summed E-state index contributed by atoms with van der Waals surface area (Å²) in [5.74, 6) is 0.174. The molecule has 1 atom stereocenters. The molecule has 7 nitrogen and oxygen atoms in total. The Balaban J connectivity index is 2.11. The van der Waals surface area contributed by atoms with Gasteiger partial charge in [0.1, 0.15) is 29.7 Å². The van der Waals surface area contributed by atoms with Crippen molar-refractivity contribution in [3.05, 3.63) is 58.1 Å². The molecule has 2 N–H and O–H groups in total. The number of carboxylic acid groups (broad SMARTS) is 1. The summed E-state index contributed by atoms with van der Waals surface area (Å²) < 4.78 is 17.3. The largest absolute Gasteiger partial charge is 0.496 e. The first-order valence-corrected chi connectivity index (χ1v) is 10.1. The predicted molar refractivity (Wildman–Crippen MR) is 116 cm³/mol. The van der Waals surface area contributed by atoms with E-state index in [1.165, 1.54) is 0 Å². The van der Waals surface area contributed by atoms with Crippen LogP contribution in [0.3, 0.4) is 0 Å². The first-order valence-electron chi connectivity index (χ1n) is 9.34. The molecule has 0 spiro atoms. The molecule has 0 fully saturated rings. The number of alkyl carbamates (subject to hydrolysis) is 1. The summed E-state index contributed by atoms with van der Waals surface area (Å²) in [5, 5.41) is 11.9. The number of hydrogen-bond donors (Lipinski definition) is 2. The number of halogens is 1. The molecule has 0 heterocycles. The topological polar surface area (TPSA) is 94.1 Å². The van der Waals surface area contributed by atoms with E-state index in [4.69, 9.17) is 14.2 Å². The zero-order chi connectivity index (χ0) is 22.3. The number of carbonyl (C=O) groups is 2. The summed E-state index contributed by atoms with van der Waals surface area (Å²) in [7, 11) is 1.56. The second-order valence-corrected chi connectivity index (χ2v) is 8.55. The SMILES string of the molecule is COc1ccc(CC(NC(=O)OC(C)(C)C)C(=O)O)cc1COc1ccc(Br)cc1. The van der Waals surface area contributed by atoms with Crippen LogP contribution in [0.25, 0.3) is 0 Å². The highest BCUT2D eigenvalue weighted by atomic mass is 79.9. The van der Waals surface area contributed by atoms with E-state index in [1.54, 1.807) is 40.0 Å². The molecule has 2 aromatic rings. The van der Waals surface area contributed by atoms with Gasteiger partial charge in [0.25, 0.3) is 0 Å². The summed E-state index contributed by atoms with van der Waals surface area (Å²) >= 11 is 3.38. The Kier molecular flexibility index (Phi) is 8.11. The van der Waals surface area contributed by atoms with Crippen molar-refractivity contribution in [1.82, 2.24) is 5.32 Å². The van der Waals surface area contributed by atoms with Crippen molar-refractivity contribution in [2.24, 2.45) is 0 Å². The monoisotopic (exact) mass is 479 g/mol. The van der Waals surface area contributed by atoms with Crippen molar-refractivity contribution in [2.75, 3.05) is 7.11 Å². The molecular formula is C22H26BrNO6. The van der Waals surface area contributed by atoms with Crippen LogP contribution >= 0.6 is 15.9 Å².